The minimum absolute atomic E-state index is 0.0534. The van der Waals surface area contributed by atoms with Gasteiger partial charge >= 0.3 is 14.8 Å². The zero-order chi connectivity index (χ0) is 15.0. The van der Waals surface area contributed by atoms with Crippen LogP contribution in [0.25, 0.3) is 0 Å². The van der Waals surface area contributed by atoms with Gasteiger partial charge in [-0.15, -0.1) is 0 Å². The van der Waals surface area contributed by atoms with E-state index in [9.17, 15) is 4.79 Å². The van der Waals surface area contributed by atoms with Crippen molar-refractivity contribution in [3.63, 3.8) is 0 Å². The predicted molar refractivity (Wildman–Crippen MR) is 77.4 cm³/mol. The molecule has 6 nitrogen and oxygen atoms in total. The number of esters is 1. The van der Waals surface area contributed by atoms with Crippen molar-refractivity contribution < 1.29 is 22.8 Å². The van der Waals surface area contributed by atoms with E-state index in [0.29, 0.717) is 19.8 Å². The summed E-state index contributed by atoms with van der Waals surface area (Å²) in [5.74, 6) is -0.145. The number of methoxy groups -OCH3 is 1. The number of carbonyl (C=O) groups is 1. The van der Waals surface area contributed by atoms with Crippen LogP contribution in [0.1, 0.15) is 27.2 Å². The van der Waals surface area contributed by atoms with Gasteiger partial charge in [0, 0.05) is 32.4 Å². The Morgan fingerprint density at radius 3 is 2.15 bits per heavy atom. The quantitative estimate of drug-likeness (QED) is 0.326. The number of hydrogen-bond acceptors (Lipinski definition) is 6. The molecule has 0 saturated carbocycles. The van der Waals surface area contributed by atoms with Crippen LogP contribution in [0.15, 0.2) is 0 Å². The third-order valence-corrected chi connectivity index (χ3v) is 6.36. The summed E-state index contributed by atoms with van der Waals surface area (Å²) in [6.07, 6.45) is 0.902. The predicted octanol–water partition coefficient (Wildman–Crippen LogP) is 1.28. The fourth-order valence-electron chi connectivity index (χ4n) is 2.28. The summed E-state index contributed by atoms with van der Waals surface area (Å²) in [5.41, 5.74) is 0. The molecule has 1 aliphatic heterocycles. The van der Waals surface area contributed by atoms with Gasteiger partial charge in [0.05, 0.1) is 7.11 Å². The fraction of sp³-hybridized carbons (Fsp3) is 0.923. The summed E-state index contributed by atoms with van der Waals surface area (Å²) >= 11 is 0. The van der Waals surface area contributed by atoms with E-state index in [1.54, 1.807) is 0 Å². The minimum atomic E-state index is -2.53. The lowest BCUT2D eigenvalue weighted by molar-refractivity contribution is -0.140. The van der Waals surface area contributed by atoms with Crippen molar-refractivity contribution in [2.45, 2.75) is 39.3 Å². The maximum atomic E-state index is 11.3. The Balaban J connectivity index is 2.36. The first-order chi connectivity index (χ1) is 9.62. The Labute approximate surface area is 122 Å². The van der Waals surface area contributed by atoms with Crippen molar-refractivity contribution in [3.8, 4) is 0 Å². The van der Waals surface area contributed by atoms with Gasteiger partial charge in [0.25, 0.3) is 0 Å². The second kappa shape index (κ2) is 8.73. The van der Waals surface area contributed by atoms with Gasteiger partial charge in [0.15, 0.2) is 0 Å². The van der Waals surface area contributed by atoms with Crippen molar-refractivity contribution in [3.05, 3.63) is 0 Å². The van der Waals surface area contributed by atoms with E-state index in [2.05, 4.69) is 4.90 Å². The van der Waals surface area contributed by atoms with Gasteiger partial charge in [-0.2, -0.15) is 0 Å². The fourth-order valence-corrected chi connectivity index (χ4v) is 4.88. The maximum absolute atomic E-state index is 11.3. The molecular weight excluding hydrogens is 278 g/mol. The molecule has 1 unspecified atom stereocenters. The lowest BCUT2D eigenvalue weighted by atomic mass is 10.4. The summed E-state index contributed by atoms with van der Waals surface area (Å²) in [6, 6.07) is 0.731. The normalized spacial score (nSPS) is 21.8. The Morgan fingerprint density at radius 1 is 1.15 bits per heavy atom. The van der Waals surface area contributed by atoms with E-state index < -0.39 is 8.80 Å². The average Bonchev–Trinajstić information content (AvgIpc) is 3.18. The molecule has 0 aromatic carbocycles. The molecule has 1 saturated heterocycles. The number of carbonyl (C=O) groups excluding carboxylic acids is 1. The molecule has 0 aromatic heterocycles. The summed E-state index contributed by atoms with van der Waals surface area (Å²) in [4.78, 5) is 13.4. The van der Waals surface area contributed by atoms with Gasteiger partial charge in [-0.1, -0.05) is 0 Å². The molecule has 0 radical (unpaired) electrons. The van der Waals surface area contributed by atoms with Crippen molar-refractivity contribution in [2.75, 3.05) is 40.0 Å². The highest BCUT2D eigenvalue weighted by atomic mass is 28.4. The van der Waals surface area contributed by atoms with E-state index in [0.717, 1.165) is 25.6 Å². The van der Waals surface area contributed by atoms with Crippen LogP contribution in [0.2, 0.25) is 6.04 Å². The Hall–Kier alpha value is -0.473. The number of rotatable bonds is 11. The van der Waals surface area contributed by atoms with Gasteiger partial charge in [-0.3, -0.25) is 9.69 Å². The molecular formula is C13H27NO5Si. The molecule has 1 fully saturated rings. The van der Waals surface area contributed by atoms with Crippen molar-refractivity contribution >= 4 is 14.8 Å². The lowest BCUT2D eigenvalue weighted by Crippen LogP contribution is -2.46. The van der Waals surface area contributed by atoms with Crippen LogP contribution in [0.5, 0.6) is 0 Å². The van der Waals surface area contributed by atoms with Gasteiger partial charge in [0.1, 0.15) is 6.04 Å². The van der Waals surface area contributed by atoms with Crippen molar-refractivity contribution in [2.24, 2.45) is 0 Å². The van der Waals surface area contributed by atoms with Crippen molar-refractivity contribution in [1.82, 2.24) is 4.90 Å². The molecule has 0 amide bonds. The molecule has 0 N–H and O–H groups in total. The smallest absolute Gasteiger partial charge is 0.468 e. The number of ether oxygens (including phenoxy) is 1. The van der Waals surface area contributed by atoms with E-state index in [4.69, 9.17) is 18.0 Å². The molecule has 0 aliphatic carbocycles. The molecule has 0 spiro atoms. The summed E-state index contributed by atoms with van der Waals surface area (Å²) in [5, 5.41) is 0. The molecule has 1 aliphatic rings. The maximum Gasteiger partial charge on any atom is 0.500 e. The molecule has 2 atom stereocenters. The van der Waals surface area contributed by atoms with Crippen LogP contribution in [-0.2, 0) is 22.8 Å². The van der Waals surface area contributed by atoms with E-state index in [1.807, 2.05) is 20.8 Å². The highest BCUT2D eigenvalue weighted by Crippen LogP contribution is 2.23. The highest BCUT2D eigenvalue weighted by Gasteiger charge is 2.43. The van der Waals surface area contributed by atoms with Gasteiger partial charge in [-0.25, -0.2) is 0 Å². The molecule has 0 bridgehead atoms. The van der Waals surface area contributed by atoms with Crippen LogP contribution >= 0.6 is 0 Å². The first-order valence-corrected chi connectivity index (χ1v) is 9.29. The summed E-state index contributed by atoms with van der Waals surface area (Å²) in [7, 11) is -1.11. The minimum Gasteiger partial charge on any atom is -0.468 e. The molecule has 7 heteroatoms. The number of nitrogens with zero attached hydrogens (tertiary/aromatic N) is 1. The molecule has 20 heavy (non-hydrogen) atoms. The first-order valence-electron chi connectivity index (χ1n) is 7.36. The van der Waals surface area contributed by atoms with Crippen LogP contribution in [0, 0.1) is 0 Å². The average molecular weight is 305 g/mol. The SMILES string of the molecule is CCO[Si](CCCN1C[C@@H]1C(=O)OC)(OCC)OCC. The van der Waals surface area contributed by atoms with E-state index in [1.165, 1.54) is 7.11 Å². The standard InChI is InChI=1S/C13H27NO5Si/c1-5-17-20(18-6-2,19-7-3)10-8-9-14-11-12(14)13(15)16-4/h12H,5-11H2,1-4H3/t12-,14?/m1/s1. The molecule has 118 valence electrons. The van der Waals surface area contributed by atoms with Gasteiger partial charge in [-0.05, 0) is 33.7 Å². The van der Waals surface area contributed by atoms with Crippen LogP contribution in [-0.4, -0.2) is 65.7 Å². The van der Waals surface area contributed by atoms with Crippen LogP contribution < -0.4 is 0 Å². The summed E-state index contributed by atoms with van der Waals surface area (Å²) < 4.78 is 22.1. The van der Waals surface area contributed by atoms with Gasteiger partial charge in [0.2, 0.25) is 0 Å². The second-order valence-electron chi connectivity index (χ2n) is 4.62. The Morgan fingerprint density at radius 2 is 1.70 bits per heavy atom. The Bertz CT molecular complexity index is 285. The number of hydrogen-bond donors (Lipinski definition) is 0. The molecule has 0 aromatic rings. The topological polar surface area (TPSA) is 57.0 Å². The largest absolute Gasteiger partial charge is 0.500 e. The Kier molecular flexibility index (Phi) is 7.68. The monoisotopic (exact) mass is 305 g/mol. The van der Waals surface area contributed by atoms with Crippen LogP contribution in [0.4, 0.5) is 0 Å². The summed E-state index contributed by atoms with van der Waals surface area (Å²) in [6.45, 7) is 9.30. The van der Waals surface area contributed by atoms with Crippen LogP contribution in [0.3, 0.4) is 0 Å². The van der Waals surface area contributed by atoms with E-state index >= 15 is 0 Å². The third kappa shape index (κ3) is 5.14. The third-order valence-electron chi connectivity index (χ3n) is 3.21. The van der Waals surface area contributed by atoms with E-state index in [-0.39, 0.29) is 12.0 Å². The van der Waals surface area contributed by atoms with Gasteiger partial charge < -0.3 is 18.0 Å². The zero-order valence-corrected chi connectivity index (χ0v) is 14.0. The first kappa shape index (κ1) is 17.6. The molecule has 1 heterocycles. The second-order valence-corrected chi connectivity index (χ2v) is 7.35. The molecule has 1 rings (SSSR count). The highest BCUT2D eigenvalue weighted by molar-refractivity contribution is 6.60. The zero-order valence-electron chi connectivity index (χ0n) is 13.0. The van der Waals surface area contributed by atoms with Crippen molar-refractivity contribution in [1.29, 1.82) is 0 Å². The lowest BCUT2D eigenvalue weighted by Gasteiger charge is -2.28.